The molecule has 0 bridgehead atoms. The maximum absolute atomic E-state index is 12.4. The Bertz CT molecular complexity index is 1100. The first-order valence-electron chi connectivity index (χ1n) is 9.95. The van der Waals surface area contributed by atoms with E-state index < -0.39 is 5.91 Å². The van der Waals surface area contributed by atoms with Crippen molar-refractivity contribution in [3.05, 3.63) is 65.2 Å². The van der Waals surface area contributed by atoms with E-state index in [1.54, 1.807) is 6.08 Å². The van der Waals surface area contributed by atoms with Gasteiger partial charge in [0.15, 0.2) is 5.84 Å². The van der Waals surface area contributed by atoms with E-state index in [-0.39, 0.29) is 23.8 Å². The van der Waals surface area contributed by atoms with Crippen LogP contribution in [0.4, 0.5) is 0 Å². The van der Waals surface area contributed by atoms with Gasteiger partial charge < -0.3 is 9.47 Å². The van der Waals surface area contributed by atoms with Gasteiger partial charge in [0.2, 0.25) is 5.17 Å². The summed E-state index contributed by atoms with van der Waals surface area (Å²) in [7, 11) is 0. The van der Waals surface area contributed by atoms with Crippen molar-refractivity contribution in [2.45, 2.75) is 20.3 Å². The number of aryl methyl sites for hydroxylation is 1. The number of aliphatic imine (C=N–C) groups is 1. The average Bonchev–Trinajstić information content (AvgIpc) is 3.20. The summed E-state index contributed by atoms with van der Waals surface area (Å²) in [4.78, 5) is 16.5. The minimum atomic E-state index is -0.426. The van der Waals surface area contributed by atoms with Gasteiger partial charge in [0.1, 0.15) is 29.8 Å². The molecule has 0 spiro atoms. The summed E-state index contributed by atoms with van der Waals surface area (Å²) in [5, 5.41) is 15.4. The summed E-state index contributed by atoms with van der Waals surface area (Å²) in [5.74, 6) is 1.13. The number of hydrogen-bond donors (Lipinski definition) is 1. The first-order chi connectivity index (χ1) is 15.0. The first-order valence-corrected chi connectivity index (χ1v) is 10.8. The van der Waals surface area contributed by atoms with Gasteiger partial charge in [0, 0.05) is 0 Å². The molecule has 0 aromatic heterocycles. The lowest BCUT2D eigenvalue weighted by Crippen LogP contribution is -2.35. The molecule has 0 atom stereocenters. The SMILES string of the molecule is CCC1=NN2C(=N)C(=Cc3ccc(OCCOc4ccc(C)cc4)cc3)C(=O)N=C2S1.Cl. The Hall–Kier alpha value is -3.10. The second kappa shape index (κ2) is 10.5. The molecule has 166 valence electrons. The molecule has 2 aromatic carbocycles. The molecule has 0 saturated heterocycles. The molecular formula is C23H23ClN4O3S. The Morgan fingerprint density at radius 2 is 1.62 bits per heavy atom. The summed E-state index contributed by atoms with van der Waals surface area (Å²) in [5.41, 5.74) is 2.18. The van der Waals surface area contributed by atoms with Gasteiger partial charge in [-0.3, -0.25) is 10.2 Å². The average molecular weight is 471 g/mol. The molecule has 1 N–H and O–H groups in total. The highest BCUT2D eigenvalue weighted by atomic mass is 35.5. The van der Waals surface area contributed by atoms with E-state index in [0.717, 1.165) is 22.8 Å². The van der Waals surface area contributed by atoms with Crippen LogP contribution >= 0.6 is 24.2 Å². The van der Waals surface area contributed by atoms with Crippen molar-refractivity contribution in [3.8, 4) is 11.5 Å². The van der Waals surface area contributed by atoms with Crippen LogP contribution in [0.5, 0.6) is 11.5 Å². The molecule has 2 aliphatic heterocycles. The van der Waals surface area contributed by atoms with E-state index in [2.05, 4.69) is 10.1 Å². The number of carbonyl (C=O) groups is 1. The smallest absolute Gasteiger partial charge is 0.283 e. The highest BCUT2D eigenvalue weighted by Gasteiger charge is 2.34. The minimum Gasteiger partial charge on any atom is -0.490 e. The zero-order chi connectivity index (χ0) is 21.8. The zero-order valence-electron chi connectivity index (χ0n) is 17.7. The van der Waals surface area contributed by atoms with Crippen LogP contribution in [0, 0.1) is 12.3 Å². The third kappa shape index (κ3) is 5.38. The number of thioether (sulfide) groups is 1. The normalized spacial score (nSPS) is 16.3. The highest BCUT2D eigenvalue weighted by Crippen LogP contribution is 2.29. The van der Waals surface area contributed by atoms with Crippen LogP contribution in [-0.2, 0) is 4.79 Å². The molecule has 0 aliphatic carbocycles. The fraction of sp³-hybridized carbons (Fsp3) is 0.217. The number of ether oxygens (including phenoxy) is 2. The molecule has 32 heavy (non-hydrogen) atoms. The van der Waals surface area contributed by atoms with Gasteiger partial charge in [-0.15, -0.1) is 12.4 Å². The van der Waals surface area contributed by atoms with Crippen molar-refractivity contribution >= 4 is 52.2 Å². The Kier molecular flexibility index (Phi) is 7.71. The number of nitrogens with zero attached hydrogens (tertiary/aromatic N) is 3. The van der Waals surface area contributed by atoms with E-state index in [0.29, 0.717) is 24.1 Å². The molecule has 2 aliphatic rings. The summed E-state index contributed by atoms with van der Waals surface area (Å²) in [6.45, 7) is 4.87. The van der Waals surface area contributed by atoms with E-state index >= 15 is 0 Å². The molecule has 2 aromatic rings. The van der Waals surface area contributed by atoms with Gasteiger partial charge in [-0.05, 0) is 61.0 Å². The maximum Gasteiger partial charge on any atom is 0.283 e. The number of amidine groups is 2. The lowest BCUT2D eigenvalue weighted by molar-refractivity contribution is -0.114. The van der Waals surface area contributed by atoms with E-state index in [4.69, 9.17) is 14.9 Å². The van der Waals surface area contributed by atoms with Gasteiger partial charge in [0.25, 0.3) is 5.91 Å². The quantitative estimate of drug-likeness (QED) is 0.459. The molecular weight excluding hydrogens is 448 g/mol. The van der Waals surface area contributed by atoms with Crippen LogP contribution in [0.3, 0.4) is 0 Å². The molecule has 9 heteroatoms. The number of halogens is 1. The minimum absolute atomic E-state index is 0. The number of amides is 1. The predicted molar refractivity (Wildman–Crippen MR) is 131 cm³/mol. The summed E-state index contributed by atoms with van der Waals surface area (Å²) < 4.78 is 11.4. The van der Waals surface area contributed by atoms with Gasteiger partial charge in [-0.2, -0.15) is 15.1 Å². The van der Waals surface area contributed by atoms with Crippen molar-refractivity contribution in [1.82, 2.24) is 5.01 Å². The topological polar surface area (TPSA) is 87.3 Å². The third-order valence-electron chi connectivity index (χ3n) is 4.63. The second-order valence-electron chi connectivity index (χ2n) is 6.95. The Balaban J connectivity index is 0.00000289. The van der Waals surface area contributed by atoms with Crippen LogP contribution < -0.4 is 9.47 Å². The van der Waals surface area contributed by atoms with Crippen LogP contribution in [0.15, 0.2) is 64.2 Å². The molecule has 0 fully saturated rings. The molecule has 0 unspecified atom stereocenters. The predicted octanol–water partition coefficient (Wildman–Crippen LogP) is 4.90. The Morgan fingerprint density at radius 3 is 2.22 bits per heavy atom. The second-order valence-corrected chi connectivity index (χ2v) is 7.99. The summed E-state index contributed by atoms with van der Waals surface area (Å²) in [6, 6.07) is 15.2. The van der Waals surface area contributed by atoms with E-state index in [1.165, 1.54) is 22.3 Å². The number of rotatable bonds is 7. The van der Waals surface area contributed by atoms with Crippen molar-refractivity contribution in [2.24, 2.45) is 10.1 Å². The Morgan fingerprint density at radius 1 is 1.03 bits per heavy atom. The number of benzene rings is 2. The van der Waals surface area contributed by atoms with Gasteiger partial charge in [-0.25, -0.2) is 0 Å². The maximum atomic E-state index is 12.4. The molecule has 1 amide bonds. The molecule has 7 nitrogen and oxygen atoms in total. The van der Waals surface area contributed by atoms with Crippen LogP contribution in [0.2, 0.25) is 0 Å². The monoisotopic (exact) mass is 470 g/mol. The van der Waals surface area contributed by atoms with Gasteiger partial charge in [-0.1, -0.05) is 36.8 Å². The highest BCUT2D eigenvalue weighted by molar-refractivity contribution is 8.26. The summed E-state index contributed by atoms with van der Waals surface area (Å²) in [6.07, 6.45) is 2.39. The third-order valence-corrected chi connectivity index (χ3v) is 5.68. The van der Waals surface area contributed by atoms with Crippen LogP contribution in [0.1, 0.15) is 24.5 Å². The molecule has 2 heterocycles. The number of fused-ring (bicyclic) bond motifs is 1. The van der Waals surface area contributed by atoms with E-state index in [9.17, 15) is 4.79 Å². The van der Waals surface area contributed by atoms with Crippen molar-refractivity contribution in [3.63, 3.8) is 0 Å². The number of nitrogens with one attached hydrogen (secondary N) is 1. The lowest BCUT2D eigenvalue weighted by atomic mass is 10.1. The number of carbonyl (C=O) groups excluding carboxylic acids is 1. The van der Waals surface area contributed by atoms with Crippen molar-refractivity contribution in [2.75, 3.05) is 13.2 Å². The largest absolute Gasteiger partial charge is 0.490 e. The number of hydrogen-bond acceptors (Lipinski definition) is 6. The van der Waals surface area contributed by atoms with Gasteiger partial charge >= 0.3 is 0 Å². The summed E-state index contributed by atoms with van der Waals surface area (Å²) >= 11 is 1.33. The van der Waals surface area contributed by atoms with Gasteiger partial charge in [0.05, 0.1) is 5.57 Å². The number of hydrazone groups is 1. The lowest BCUT2D eigenvalue weighted by Gasteiger charge is -2.20. The fourth-order valence-electron chi connectivity index (χ4n) is 2.96. The van der Waals surface area contributed by atoms with E-state index in [1.807, 2.05) is 62.4 Å². The van der Waals surface area contributed by atoms with Crippen LogP contribution in [0.25, 0.3) is 6.08 Å². The van der Waals surface area contributed by atoms with Crippen molar-refractivity contribution in [1.29, 1.82) is 5.41 Å². The van der Waals surface area contributed by atoms with Crippen LogP contribution in [-0.4, -0.2) is 40.2 Å². The zero-order valence-corrected chi connectivity index (χ0v) is 19.3. The molecule has 0 radical (unpaired) electrons. The first kappa shape index (κ1) is 23.6. The standard InChI is InChI=1S/C23H22N4O3S.ClH/c1-3-20-26-27-21(24)19(22(28)25-23(27)31-20)14-16-6-10-18(11-7-16)30-13-12-29-17-8-4-15(2)5-9-17;/h4-11,14,24H,3,12-13H2,1-2H3;1H. The fourth-order valence-corrected chi connectivity index (χ4v) is 3.78. The molecule has 0 saturated carbocycles. The van der Waals surface area contributed by atoms with Crippen molar-refractivity contribution < 1.29 is 14.3 Å². The Labute approximate surface area is 197 Å². The molecule has 4 rings (SSSR count).